The van der Waals surface area contributed by atoms with Gasteiger partial charge in [0, 0.05) is 44.5 Å². The van der Waals surface area contributed by atoms with Crippen LogP contribution in [0.2, 0.25) is 0 Å². The summed E-state index contributed by atoms with van der Waals surface area (Å²) in [7, 11) is 1.29. The minimum absolute atomic E-state index is 0.0170. The maximum Gasteiger partial charge on any atom is 0.343 e. The van der Waals surface area contributed by atoms with E-state index in [1.165, 1.54) is 37.6 Å². The van der Waals surface area contributed by atoms with E-state index >= 15 is 0 Å². The topological polar surface area (TPSA) is 203 Å². The Hall–Kier alpha value is -5.90. The van der Waals surface area contributed by atoms with Crippen LogP contribution in [0.5, 0.6) is 17.2 Å². The van der Waals surface area contributed by atoms with Crippen LogP contribution in [0.15, 0.2) is 50.2 Å². The highest BCUT2D eigenvalue weighted by atomic mass is 16.7. The molecule has 16 nitrogen and oxygen atoms in total. The third-order valence-corrected chi connectivity index (χ3v) is 7.72. The van der Waals surface area contributed by atoms with E-state index < -0.39 is 72.8 Å². The number of esters is 5. The van der Waals surface area contributed by atoms with Crippen molar-refractivity contribution >= 4 is 51.8 Å². The summed E-state index contributed by atoms with van der Waals surface area (Å²) in [5.74, 6) is -4.14. The molecule has 1 saturated heterocycles. The summed E-state index contributed by atoms with van der Waals surface area (Å²) in [5, 5.41) is 1.19. The second kappa shape index (κ2) is 14.9. The number of hydrogen-bond acceptors (Lipinski definition) is 16. The fourth-order valence-corrected chi connectivity index (χ4v) is 5.57. The largest absolute Gasteiger partial charge is 0.493 e. The summed E-state index contributed by atoms with van der Waals surface area (Å²) in [6.07, 6.45) is -5.71. The van der Waals surface area contributed by atoms with Gasteiger partial charge in [-0.1, -0.05) is 0 Å². The molecule has 5 atom stereocenters. The zero-order chi connectivity index (χ0) is 37.1. The van der Waals surface area contributed by atoms with E-state index in [2.05, 4.69) is 0 Å². The summed E-state index contributed by atoms with van der Waals surface area (Å²) in [6, 6.07) is 7.07. The molecule has 1 aliphatic heterocycles. The zero-order valence-electron chi connectivity index (χ0n) is 28.6. The molecule has 0 amide bonds. The number of aryl methyl sites for hydroxylation is 2. The highest BCUT2D eigenvalue weighted by Crippen LogP contribution is 2.39. The first-order valence-electron chi connectivity index (χ1n) is 15.5. The van der Waals surface area contributed by atoms with E-state index in [0.29, 0.717) is 16.3 Å². The third-order valence-electron chi connectivity index (χ3n) is 7.72. The highest BCUT2D eigenvalue weighted by molar-refractivity contribution is 6.05. The van der Waals surface area contributed by atoms with Gasteiger partial charge in [0.1, 0.15) is 12.7 Å². The molecular formula is C35H34O16. The molecule has 1 aliphatic rings. The van der Waals surface area contributed by atoms with Crippen LogP contribution in [0.25, 0.3) is 21.9 Å². The predicted molar refractivity (Wildman–Crippen MR) is 172 cm³/mol. The van der Waals surface area contributed by atoms with Crippen molar-refractivity contribution in [2.24, 2.45) is 0 Å². The lowest BCUT2D eigenvalue weighted by Crippen LogP contribution is -2.63. The van der Waals surface area contributed by atoms with E-state index in [1.807, 2.05) is 6.92 Å². The molecule has 1 fully saturated rings. The Balaban J connectivity index is 1.49. The Bertz CT molecular complexity index is 2070. The Morgan fingerprint density at radius 3 is 2.04 bits per heavy atom. The van der Waals surface area contributed by atoms with E-state index in [0.717, 1.165) is 33.3 Å². The van der Waals surface area contributed by atoms with Crippen LogP contribution in [-0.2, 0) is 42.9 Å². The second-order valence-corrected chi connectivity index (χ2v) is 11.6. The molecule has 0 spiro atoms. The molecule has 4 aromatic rings. The molecule has 2 aromatic carbocycles. The minimum atomic E-state index is -1.56. The van der Waals surface area contributed by atoms with Crippen LogP contribution in [0.3, 0.4) is 0 Å². The number of carbonyl (C=O) groups is 5. The first kappa shape index (κ1) is 36.4. The number of furan rings is 1. The van der Waals surface area contributed by atoms with Gasteiger partial charge in [-0.25, -0.2) is 9.59 Å². The van der Waals surface area contributed by atoms with Gasteiger partial charge in [0.05, 0.1) is 18.9 Å². The van der Waals surface area contributed by atoms with Gasteiger partial charge in [-0.2, -0.15) is 0 Å². The van der Waals surface area contributed by atoms with E-state index in [4.69, 9.17) is 46.7 Å². The standard InChI is InChI=1S/C35H34O16/c1-15-10-27(40)50-29-22(15)12-23-16(2)13-44-28(23)31(29)51-34(41)21-8-9-24(25(11-21)42-7)48-35-33(47-20(6)39)32(46-19(5)38)30(45-18(4)37)26(49-35)14-43-17(3)36/h8-13,26,30,32-33,35H,14H2,1-7H3/t26-,30-,32+,33-,35-/m1/s1. The third kappa shape index (κ3) is 7.96. The first-order chi connectivity index (χ1) is 24.2. The van der Waals surface area contributed by atoms with Crippen LogP contribution in [0.4, 0.5) is 0 Å². The zero-order valence-corrected chi connectivity index (χ0v) is 28.6. The number of methoxy groups -OCH3 is 1. The normalized spacial score (nSPS) is 19.9. The maximum absolute atomic E-state index is 13.6. The SMILES string of the molecule is COc1cc(C(=O)Oc2c3occ(C)c3cc3c(C)cc(=O)oc23)ccc1O[C@@H]1O[C@H](COC(C)=O)[C@@H](OC(C)=O)[C@H](OC(C)=O)[C@H]1OC(C)=O. The first-order valence-corrected chi connectivity index (χ1v) is 15.5. The number of hydrogen-bond donors (Lipinski definition) is 0. The van der Waals surface area contributed by atoms with Crippen molar-refractivity contribution < 1.29 is 70.7 Å². The molecule has 2 aromatic heterocycles. The minimum Gasteiger partial charge on any atom is -0.493 e. The summed E-state index contributed by atoms with van der Waals surface area (Å²) in [4.78, 5) is 73.9. The quantitative estimate of drug-likeness (QED) is 0.0993. The molecule has 0 aliphatic carbocycles. The van der Waals surface area contributed by atoms with Crippen molar-refractivity contribution in [3.8, 4) is 17.2 Å². The fraction of sp³-hybridized carbons (Fsp3) is 0.371. The average Bonchev–Trinajstić information content (AvgIpc) is 3.42. The summed E-state index contributed by atoms with van der Waals surface area (Å²) < 4.78 is 55.8. The van der Waals surface area contributed by atoms with Gasteiger partial charge in [0.25, 0.3) is 0 Å². The van der Waals surface area contributed by atoms with Crippen molar-refractivity contribution in [3.63, 3.8) is 0 Å². The van der Waals surface area contributed by atoms with Gasteiger partial charge >= 0.3 is 35.5 Å². The molecule has 0 bridgehead atoms. The van der Waals surface area contributed by atoms with Gasteiger partial charge in [0.2, 0.25) is 18.1 Å². The number of ether oxygens (including phenoxy) is 8. The molecular weight excluding hydrogens is 676 g/mol. The second-order valence-electron chi connectivity index (χ2n) is 11.6. The van der Waals surface area contributed by atoms with Gasteiger partial charge in [-0.05, 0) is 49.2 Å². The summed E-state index contributed by atoms with van der Waals surface area (Å²) >= 11 is 0. The van der Waals surface area contributed by atoms with Gasteiger partial charge in [-0.3, -0.25) is 19.2 Å². The van der Waals surface area contributed by atoms with Crippen LogP contribution in [0, 0.1) is 13.8 Å². The monoisotopic (exact) mass is 710 g/mol. The number of rotatable bonds is 10. The van der Waals surface area contributed by atoms with Gasteiger partial charge in [-0.15, -0.1) is 0 Å². The Morgan fingerprint density at radius 1 is 0.745 bits per heavy atom. The molecule has 0 unspecified atom stereocenters. The van der Waals surface area contributed by atoms with Crippen molar-refractivity contribution in [1.82, 2.24) is 0 Å². The summed E-state index contributed by atoms with van der Waals surface area (Å²) in [6.45, 7) is 7.51. The van der Waals surface area contributed by atoms with Crippen molar-refractivity contribution in [2.45, 2.75) is 72.2 Å². The fourth-order valence-electron chi connectivity index (χ4n) is 5.57. The highest BCUT2D eigenvalue weighted by Gasteiger charge is 2.53. The van der Waals surface area contributed by atoms with Crippen molar-refractivity contribution in [3.05, 3.63) is 63.7 Å². The van der Waals surface area contributed by atoms with Crippen LogP contribution in [-0.4, -0.2) is 74.3 Å². The smallest absolute Gasteiger partial charge is 0.343 e. The van der Waals surface area contributed by atoms with Crippen molar-refractivity contribution in [1.29, 1.82) is 0 Å². The van der Waals surface area contributed by atoms with Gasteiger partial charge < -0.3 is 46.7 Å². The van der Waals surface area contributed by atoms with E-state index in [9.17, 15) is 28.8 Å². The molecule has 0 radical (unpaired) electrons. The molecule has 0 N–H and O–H groups in total. The van der Waals surface area contributed by atoms with Crippen LogP contribution >= 0.6 is 0 Å². The molecule has 0 saturated carbocycles. The predicted octanol–water partition coefficient (Wildman–Crippen LogP) is 3.85. The van der Waals surface area contributed by atoms with Crippen LogP contribution in [0.1, 0.15) is 49.2 Å². The van der Waals surface area contributed by atoms with Crippen molar-refractivity contribution in [2.75, 3.05) is 13.7 Å². The average molecular weight is 711 g/mol. The Kier molecular flexibility index (Phi) is 10.6. The molecule has 51 heavy (non-hydrogen) atoms. The van der Waals surface area contributed by atoms with E-state index in [-0.39, 0.29) is 34.0 Å². The summed E-state index contributed by atoms with van der Waals surface area (Å²) in [5.41, 5.74) is 0.907. The maximum atomic E-state index is 13.6. The van der Waals surface area contributed by atoms with Gasteiger partial charge in [0.15, 0.2) is 34.9 Å². The molecule has 16 heteroatoms. The molecule has 5 rings (SSSR count). The lowest BCUT2D eigenvalue weighted by Gasteiger charge is -2.44. The lowest BCUT2D eigenvalue weighted by atomic mass is 9.98. The Labute approximate surface area is 289 Å². The number of fused-ring (bicyclic) bond motifs is 2. The Morgan fingerprint density at radius 2 is 1.39 bits per heavy atom. The number of benzene rings is 2. The molecule has 270 valence electrons. The van der Waals surface area contributed by atoms with Crippen LogP contribution < -0.4 is 19.8 Å². The van der Waals surface area contributed by atoms with E-state index in [1.54, 1.807) is 13.0 Å². The number of carbonyl (C=O) groups excluding carboxylic acids is 5. The lowest BCUT2D eigenvalue weighted by molar-refractivity contribution is -0.288. The molecule has 3 heterocycles.